The van der Waals surface area contributed by atoms with Gasteiger partial charge in [-0.15, -0.1) is 0 Å². The number of nitrogens with one attached hydrogen (secondary N) is 2. The lowest BCUT2D eigenvalue weighted by atomic mass is 9.91. The van der Waals surface area contributed by atoms with Gasteiger partial charge < -0.3 is 19.7 Å². The molecule has 134 valence electrons. The van der Waals surface area contributed by atoms with Crippen molar-refractivity contribution < 1.29 is 18.6 Å². The zero-order chi connectivity index (χ0) is 18.1. The van der Waals surface area contributed by atoms with Crippen molar-refractivity contribution in [3.63, 3.8) is 0 Å². The first kappa shape index (κ1) is 17.2. The van der Waals surface area contributed by atoms with Crippen LogP contribution >= 0.6 is 0 Å². The first-order valence-electron chi connectivity index (χ1n) is 8.38. The SMILES string of the molecule is Cc1noc(C)c1C(=O)NC1CCc2onc(C(=O)NC(C)C)c2C1. The summed E-state index contributed by atoms with van der Waals surface area (Å²) in [6.45, 7) is 7.22. The maximum Gasteiger partial charge on any atom is 0.273 e. The summed E-state index contributed by atoms with van der Waals surface area (Å²) in [5.74, 6) is 0.747. The highest BCUT2D eigenvalue weighted by atomic mass is 16.5. The number of nitrogens with zero attached hydrogens (tertiary/aromatic N) is 2. The molecule has 1 unspecified atom stereocenters. The lowest BCUT2D eigenvalue weighted by molar-refractivity contribution is 0.0927. The first-order chi connectivity index (χ1) is 11.9. The van der Waals surface area contributed by atoms with Crippen LogP contribution in [0.25, 0.3) is 0 Å². The van der Waals surface area contributed by atoms with Crippen molar-refractivity contribution in [1.82, 2.24) is 20.9 Å². The molecular formula is C17H22N4O4. The second kappa shape index (κ2) is 6.70. The van der Waals surface area contributed by atoms with Crippen molar-refractivity contribution in [2.24, 2.45) is 0 Å². The van der Waals surface area contributed by atoms with Crippen molar-refractivity contribution in [3.8, 4) is 0 Å². The highest BCUT2D eigenvalue weighted by Crippen LogP contribution is 2.25. The molecule has 1 atom stereocenters. The van der Waals surface area contributed by atoms with E-state index >= 15 is 0 Å². The van der Waals surface area contributed by atoms with Crippen LogP contribution in [0.3, 0.4) is 0 Å². The molecule has 0 saturated carbocycles. The standard InChI is InChI=1S/C17H22N4O4/c1-8(2)18-17(23)15-12-7-11(5-6-13(12)25-21-15)19-16(22)14-9(3)20-24-10(14)4/h8,11H,5-7H2,1-4H3,(H,18,23)(H,19,22). The van der Waals surface area contributed by atoms with Crippen molar-refractivity contribution >= 4 is 11.8 Å². The lowest BCUT2D eigenvalue weighted by Crippen LogP contribution is -2.40. The molecule has 0 saturated heterocycles. The Morgan fingerprint density at radius 3 is 2.56 bits per heavy atom. The Bertz CT molecular complexity index is 786. The number of carbonyl (C=O) groups excluding carboxylic acids is 2. The molecule has 0 aromatic carbocycles. The third kappa shape index (κ3) is 3.42. The van der Waals surface area contributed by atoms with E-state index in [2.05, 4.69) is 20.9 Å². The van der Waals surface area contributed by atoms with E-state index in [4.69, 9.17) is 9.05 Å². The number of hydrogen-bond acceptors (Lipinski definition) is 6. The average molecular weight is 346 g/mol. The first-order valence-corrected chi connectivity index (χ1v) is 8.38. The summed E-state index contributed by atoms with van der Waals surface area (Å²) in [5, 5.41) is 13.5. The third-order valence-electron chi connectivity index (χ3n) is 4.27. The molecule has 2 heterocycles. The van der Waals surface area contributed by atoms with Gasteiger partial charge in [0.2, 0.25) is 0 Å². The van der Waals surface area contributed by atoms with E-state index in [1.807, 2.05) is 13.8 Å². The Balaban J connectivity index is 1.74. The molecule has 2 amide bonds. The van der Waals surface area contributed by atoms with Crippen LogP contribution in [0.15, 0.2) is 9.05 Å². The lowest BCUT2D eigenvalue weighted by Gasteiger charge is -2.22. The van der Waals surface area contributed by atoms with Gasteiger partial charge in [0.1, 0.15) is 17.1 Å². The number of rotatable bonds is 4. The molecule has 25 heavy (non-hydrogen) atoms. The smallest absolute Gasteiger partial charge is 0.273 e. The predicted octanol–water partition coefficient (Wildman–Crippen LogP) is 1.70. The predicted molar refractivity (Wildman–Crippen MR) is 88.4 cm³/mol. The van der Waals surface area contributed by atoms with E-state index in [9.17, 15) is 9.59 Å². The summed E-state index contributed by atoms with van der Waals surface area (Å²) in [6.07, 6.45) is 1.86. The third-order valence-corrected chi connectivity index (χ3v) is 4.27. The van der Waals surface area contributed by atoms with Crippen LogP contribution in [-0.4, -0.2) is 34.2 Å². The van der Waals surface area contributed by atoms with Crippen LogP contribution in [-0.2, 0) is 12.8 Å². The van der Waals surface area contributed by atoms with Gasteiger partial charge in [-0.3, -0.25) is 9.59 Å². The summed E-state index contributed by atoms with van der Waals surface area (Å²) in [6, 6.07) is -0.0859. The number of aromatic nitrogens is 2. The normalized spacial score (nSPS) is 16.6. The molecule has 0 fully saturated rings. The highest BCUT2D eigenvalue weighted by molar-refractivity contribution is 5.96. The second-order valence-electron chi connectivity index (χ2n) is 6.67. The molecule has 8 heteroatoms. The van der Waals surface area contributed by atoms with Gasteiger partial charge >= 0.3 is 0 Å². The van der Waals surface area contributed by atoms with Crippen LogP contribution in [0.5, 0.6) is 0 Å². The quantitative estimate of drug-likeness (QED) is 0.872. The number of aryl methyl sites for hydroxylation is 3. The van der Waals surface area contributed by atoms with Crippen LogP contribution in [0.4, 0.5) is 0 Å². The molecule has 0 aliphatic heterocycles. The van der Waals surface area contributed by atoms with Gasteiger partial charge in [0, 0.05) is 24.1 Å². The van der Waals surface area contributed by atoms with Crippen LogP contribution < -0.4 is 10.6 Å². The molecule has 0 spiro atoms. The molecule has 0 radical (unpaired) electrons. The second-order valence-corrected chi connectivity index (χ2v) is 6.67. The minimum atomic E-state index is -0.252. The number of fused-ring (bicyclic) bond motifs is 1. The zero-order valence-corrected chi connectivity index (χ0v) is 14.8. The Morgan fingerprint density at radius 2 is 1.92 bits per heavy atom. The van der Waals surface area contributed by atoms with E-state index < -0.39 is 0 Å². The molecule has 2 aromatic heterocycles. The van der Waals surface area contributed by atoms with E-state index in [0.29, 0.717) is 35.6 Å². The van der Waals surface area contributed by atoms with Crippen LogP contribution in [0.2, 0.25) is 0 Å². The molecule has 3 rings (SSSR count). The average Bonchev–Trinajstić information content (AvgIpc) is 3.09. The molecular weight excluding hydrogens is 324 g/mol. The van der Waals surface area contributed by atoms with Gasteiger partial charge in [-0.25, -0.2) is 0 Å². The van der Waals surface area contributed by atoms with E-state index in [1.165, 1.54) is 0 Å². The van der Waals surface area contributed by atoms with Crippen molar-refractivity contribution in [2.75, 3.05) is 0 Å². The zero-order valence-electron chi connectivity index (χ0n) is 14.8. The van der Waals surface area contributed by atoms with Crippen LogP contribution in [0, 0.1) is 13.8 Å². The molecule has 2 N–H and O–H groups in total. The molecule has 2 aromatic rings. The Labute approximate surface area is 145 Å². The van der Waals surface area contributed by atoms with Gasteiger partial charge in [-0.05, 0) is 40.5 Å². The number of amides is 2. The van der Waals surface area contributed by atoms with Crippen molar-refractivity contribution in [1.29, 1.82) is 0 Å². The fourth-order valence-corrected chi connectivity index (χ4v) is 3.10. The van der Waals surface area contributed by atoms with Gasteiger partial charge in [-0.1, -0.05) is 10.3 Å². The van der Waals surface area contributed by atoms with Crippen LogP contribution in [0.1, 0.15) is 63.9 Å². The minimum absolute atomic E-state index is 0.0125. The summed E-state index contributed by atoms with van der Waals surface area (Å²) in [7, 11) is 0. The van der Waals surface area contributed by atoms with Crippen molar-refractivity contribution in [3.05, 3.63) is 34.0 Å². The highest BCUT2D eigenvalue weighted by Gasteiger charge is 2.30. The van der Waals surface area contributed by atoms with Gasteiger partial charge in [-0.2, -0.15) is 0 Å². The van der Waals surface area contributed by atoms with E-state index in [-0.39, 0.29) is 23.9 Å². The maximum atomic E-state index is 12.5. The number of carbonyl (C=O) groups is 2. The van der Waals surface area contributed by atoms with Crippen molar-refractivity contribution in [2.45, 2.75) is 59.0 Å². The fourth-order valence-electron chi connectivity index (χ4n) is 3.10. The Morgan fingerprint density at radius 1 is 1.16 bits per heavy atom. The largest absolute Gasteiger partial charge is 0.361 e. The van der Waals surface area contributed by atoms with Gasteiger partial charge in [0.25, 0.3) is 11.8 Å². The maximum absolute atomic E-state index is 12.5. The Kier molecular flexibility index (Phi) is 4.61. The molecule has 1 aliphatic carbocycles. The van der Waals surface area contributed by atoms with Gasteiger partial charge in [0.05, 0.1) is 5.69 Å². The van der Waals surface area contributed by atoms with Gasteiger partial charge in [0.15, 0.2) is 5.69 Å². The fraction of sp³-hybridized carbons (Fsp3) is 0.529. The summed E-state index contributed by atoms with van der Waals surface area (Å²) >= 11 is 0. The summed E-state index contributed by atoms with van der Waals surface area (Å²) in [4.78, 5) is 24.8. The summed E-state index contributed by atoms with van der Waals surface area (Å²) < 4.78 is 10.4. The van der Waals surface area contributed by atoms with E-state index in [0.717, 1.165) is 17.7 Å². The summed E-state index contributed by atoms with van der Waals surface area (Å²) in [5.41, 5.74) is 2.11. The topological polar surface area (TPSA) is 110 Å². The molecule has 1 aliphatic rings. The van der Waals surface area contributed by atoms with E-state index in [1.54, 1.807) is 13.8 Å². The molecule has 8 nitrogen and oxygen atoms in total. The molecule has 0 bridgehead atoms. The monoisotopic (exact) mass is 346 g/mol. The number of hydrogen-bond donors (Lipinski definition) is 2. The Hall–Kier alpha value is -2.64. The minimum Gasteiger partial charge on any atom is -0.361 e.